The van der Waals surface area contributed by atoms with E-state index < -0.39 is 12.1 Å². The zero-order valence-corrected chi connectivity index (χ0v) is 19.3. The summed E-state index contributed by atoms with van der Waals surface area (Å²) in [6.07, 6.45) is 3.05. The molecule has 11 nitrogen and oxygen atoms in total. The van der Waals surface area contributed by atoms with Gasteiger partial charge in [-0.05, 0) is 24.6 Å². The number of oxazole rings is 1. The van der Waals surface area contributed by atoms with Gasteiger partial charge in [0.25, 0.3) is 6.01 Å². The number of rotatable bonds is 5. The predicted molar refractivity (Wildman–Crippen MR) is 125 cm³/mol. The van der Waals surface area contributed by atoms with Crippen molar-refractivity contribution in [2.24, 2.45) is 0 Å². The van der Waals surface area contributed by atoms with Gasteiger partial charge in [0.15, 0.2) is 16.8 Å². The summed E-state index contributed by atoms with van der Waals surface area (Å²) in [6.45, 7) is 1.02. The third-order valence-corrected chi connectivity index (χ3v) is 7.02. The zero-order valence-electron chi connectivity index (χ0n) is 18.5. The Hall–Kier alpha value is -4.19. The Labute approximate surface area is 202 Å². The summed E-state index contributed by atoms with van der Waals surface area (Å²) < 4.78 is 16.9. The van der Waals surface area contributed by atoms with Crippen molar-refractivity contribution in [1.82, 2.24) is 19.9 Å². The van der Waals surface area contributed by atoms with Gasteiger partial charge in [0.05, 0.1) is 30.3 Å². The van der Waals surface area contributed by atoms with E-state index in [0.717, 1.165) is 17.0 Å². The zero-order chi connectivity index (χ0) is 24.1. The van der Waals surface area contributed by atoms with Crippen LogP contribution in [0.2, 0.25) is 0 Å². The molecule has 3 aliphatic heterocycles. The number of fused-ring (bicyclic) bond motifs is 3. The first-order chi connectivity index (χ1) is 17.0. The number of aromatic nitrogens is 3. The molecule has 35 heavy (non-hydrogen) atoms. The standard InChI is InChI=1S/C23H19N5O6S/c1-32-21(29)12-2-5-17(25-9-12)33-16-4-3-15(20-24-6-7-35-20)19-18(16)26-22(34-19)27-10-13-8-14(11-27)28(13)23(30)31/h2-7,9,13-14H,8,10-11H2,1H3,(H,30,31). The minimum Gasteiger partial charge on any atom is -0.465 e. The SMILES string of the molecule is COC(=O)c1ccc(Oc2ccc(-c3nccs3)c3oc(N4CC5CC(C4)N5C(=O)O)nc23)nc1. The number of carboxylic acid groups (broad SMARTS) is 1. The lowest BCUT2D eigenvalue weighted by atomic mass is 9.88. The molecule has 3 aromatic heterocycles. The van der Waals surface area contributed by atoms with Crippen LogP contribution in [0.5, 0.6) is 11.6 Å². The number of hydrogen-bond acceptors (Lipinski definition) is 10. The highest BCUT2D eigenvalue weighted by molar-refractivity contribution is 7.13. The molecular weight excluding hydrogens is 474 g/mol. The number of carbonyl (C=O) groups excluding carboxylic acids is 1. The molecule has 12 heteroatoms. The molecule has 3 fully saturated rings. The van der Waals surface area contributed by atoms with Crippen LogP contribution in [0.1, 0.15) is 16.8 Å². The minimum absolute atomic E-state index is 0.0760. The normalized spacial score (nSPS) is 18.9. The van der Waals surface area contributed by atoms with E-state index in [1.807, 2.05) is 16.3 Å². The smallest absolute Gasteiger partial charge is 0.407 e. The van der Waals surface area contributed by atoms with Crippen molar-refractivity contribution in [2.45, 2.75) is 18.5 Å². The molecule has 0 aliphatic carbocycles. The number of carbonyl (C=O) groups is 2. The molecule has 2 atom stereocenters. The number of nitrogens with zero attached hydrogens (tertiary/aromatic N) is 5. The summed E-state index contributed by atoms with van der Waals surface area (Å²) in [5.41, 5.74) is 2.12. The van der Waals surface area contributed by atoms with Gasteiger partial charge in [-0.1, -0.05) is 0 Å². The summed E-state index contributed by atoms with van der Waals surface area (Å²) >= 11 is 1.48. The van der Waals surface area contributed by atoms with Crippen molar-refractivity contribution >= 4 is 40.5 Å². The van der Waals surface area contributed by atoms with E-state index in [0.29, 0.717) is 41.5 Å². The van der Waals surface area contributed by atoms with Gasteiger partial charge in [-0.15, -0.1) is 11.3 Å². The van der Waals surface area contributed by atoms with E-state index in [4.69, 9.17) is 18.9 Å². The number of thiazole rings is 1. The fourth-order valence-corrected chi connectivity index (χ4v) is 5.24. The maximum Gasteiger partial charge on any atom is 0.407 e. The topological polar surface area (TPSA) is 131 Å². The summed E-state index contributed by atoms with van der Waals surface area (Å²) in [7, 11) is 1.31. The van der Waals surface area contributed by atoms with Gasteiger partial charge in [-0.3, -0.25) is 4.90 Å². The van der Waals surface area contributed by atoms with Crippen molar-refractivity contribution in [3.05, 3.63) is 47.6 Å². The molecule has 0 saturated carbocycles. The third kappa shape index (κ3) is 3.62. The van der Waals surface area contributed by atoms with Crippen molar-refractivity contribution in [2.75, 3.05) is 25.1 Å². The monoisotopic (exact) mass is 493 g/mol. The molecule has 0 radical (unpaired) electrons. The molecule has 0 spiro atoms. The number of methoxy groups -OCH3 is 1. The Morgan fingerprint density at radius 3 is 2.66 bits per heavy atom. The first-order valence-electron chi connectivity index (χ1n) is 10.8. The summed E-state index contributed by atoms with van der Waals surface area (Å²) in [6, 6.07) is 7.03. The number of hydrogen-bond donors (Lipinski definition) is 1. The molecular formula is C23H19N5O6S. The summed E-state index contributed by atoms with van der Waals surface area (Å²) in [5, 5.41) is 12.1. The lowest BCUT2D eigenvalue weighted by Gasteiger charge is -2.54. The Balaban J connectivity index is 1.35. The van der Waals surface area contributed by atoms with Crippen LogP contribution in [-0.2, 0) is 4.74 Å². The van der Waals surface area contributed by atoms with Crippen LogP contribution in [0.25, 0.3) is 21.7 Å². The maximum atomic E-state index is 11.7. The molecule has 1 N–H and O–H groups in total. The molecule has 7 rings (SSSR count). The second-order valence-electron chi connectivity index (χ2n) is 8.24. The number of benzene rings is 1. The van der Waals surface area contributed by atoms with Gasteiger partial charge in [-0.25, -0.2) is 19.6 Å². The average molecular weight is 494 g/mol. The number of amides is 1. The highest BCUT2D eigenvalue weighted by atomic mass is 32.1. The van der Waals surface area contributed by atoms with Crippen molar-refractivity contribution in [3.8, 4) is 22.2 Å². The van der Waals surface area contributed by atoms with Crippen LogP contribution in [0.3, 0.4) is 0 Å². The molecule has 6 heterocycles. The Kier molecular flexibility index (Phi) is 5.02. The molecule has 3 saturated heterocycles. The molecule has 2 unspecified atom stereocenters. The number of esters is 1. The highest BCUT2D eigenvalue weighted by Gasteiger charge is 2.48. The lowest BCUT2D eigenvalue weighted by molar-refractivity contribution is 0.0101. The highest BCUT2D eigenvalue weighted by Crippen LogP contribution is 2.41. The van der Waals surface area contributed by atoms with Gasteiger partial charge >= 0.3 is 12.1 Å². The first-order valence-corrected chi connectivity index (χ1v) is 11.7. The van der Waals surface area contributed by atoms with Crippen LogP contribution in [0.4, 0.5) is 10.8 Å². The summed E-state index contributed by atoms with van der Waals surface area (Å²) in [4.78, 5) is 39.9. The Morgan fingerprint density at radius 2 is 2.00 bits per heavy atom. The van der Waals surface area contributed by atoms with Gasteiger partial charge in [0, 0.05) is 36.9 Å². The average Bonchev–Trinajstić information content (AvgIpc) is 3.55. The van der Waals surface area contributed by atoms with Crippen LogP contribution >= 0.6 is 11.3 Å². The van der Waals surface area contributed by atoms with Gasteiger partial charge in [-0.2, -0.15) is 4.98 Å². The first kappa shape index (κ1) is 21.4. The fraction of sp³-hybridized carbons (Fsp3) is 0.261. The number of anilines is 1. The van der Waals surface area contributed by atoms with E-state index >= 15 is 0 Å². The molecule has 4 aromatic rings. The molecule has 3 aliphatic rings. The van der Waals surface area contributed by atoms with E-state index in [1.54, 1.807) is 24.4 Å². The van der Waals surface area contributed by atoms with Crippen LogP contribution in [-0.4, -0.2) is 69.3 Å². The van der Waals surface area contributed by atoms with Gasteiger partial charge in [0.1, 0.15) is 5.01 Å². The largest absolute Gasteiger partial charge is 0.465 e. The number of piperazine rings is 1. The maximum absolute atomic E-state index is 11.7. The second-order valence-corrected chi connectivity index (χ2v) is 9.13. The van der Waals surface area contributed by atoms with Crippen LogP contribution in [0, 0.1) is 0 Å². The van der Waals surface area contributed by atoms with Crippen molar-refractivity contribution < 1.29 is 28.6 Å². The van der Waals surface area contributed by atoms with Crippen molar-refractivity contribution in [3.63, 3.8) is 0 Å². The number of ether oxygens (including phenoxy) is 2. The molecule has 2 bridgehead atoms. The van der Waals surface area contributed by atoms with E-state index in [1.165, 1.54) is 29.5 Å². The van der Waals surface area contributed by atoms with E-state index in [-0.39, 0.29) is 18.0 Å². The van der Waals surface area contributed by atoms with Crippen LogP contribution < -0.4 is 9.64 Å². The predicted octanol–water partition coefficient (Wildman–Crippen LogP) is 3.87. The molecule has 178 valence electrons. The quantitative estimate of drug-likeness (QED) is 0.409. The minimum atomic E-state index is -0.893. The van der Waals surface area contributed by atoms with Gasteiger partial charge in [0.2, 0.25) is 5.88 Å². The van der Waals surface area contributed by atoms with Gasteiger partial charge < -0.3 is 23.9 Å². The number of piperidine rings is 1. The molecule has 1 amide bonds. The van der Waals surface area contributed by atoms with Crippen LogP contribution in [0.15, 0.2) is 46.5 Å². The lowest BCUT2D eigenvalue weighted by Crippen LogP contribution is -2.70. The Bertz CT molecular complexity index is 1410. The number of pyridine rings is 1. The Morgan fingerprint density at radius 1 is 1.17 bits per heavy atom. The third-order valence-electron chi connectivity index (χ3n) is 6.21. The fourth-order valence-electron chi connectivity index (χ4n) is 4.58. The van der Waals surface area contributed by atoms with E-state index in [2.05, 4.69) is 9.97 Å². The van der Waals surface area contributed by atoms with Crippen molar-refractivity contribution in [1.29, 1.82) is 0 Å². The molecule has 1 aromatic carbocycles. The summed E-state index contributed by atoms with van der Waals surface area (Å²) in [5.74, 6) is 0.228. The second kappa shape index (κ2) is 8.24. The van der Waals surface area contributed by atoms with E-state index in [9.17, 15) is 14.7 Å².